The second kappa shape index (κ2) is 8.33. The van der Waals surface area contributed by atoms with Crippen LogP contribution in [0.4, 0.5) is 10.5 Å². The molecule has 1 aromatic rings. The van der Waals surface area contributed by atoms with Crippen molar-refractivity contribution in [1.82, 2.24) is 10.6 Å². The molecule has 1 fully saturated rings. The summed E-state index contributed by atoms with van der Waals surface area (Å²) in [5.41, 5.74) is 7.08. The van der Waals surface area contributed by atoms with Crippen LogP contribution in [0.15, 0.2) is 18.2 Å². The van der Waals surface area contributed by atoms with E-state index in [-0.39, 0.29) is 11.6 Å². The predicted molar refractivity (Wildman–Crippen MR) is 89.4 cm³/mol. The molecule has 0 aliphatic heterocycles. The zero-order valence-electron chi connectivity index (χ0n) is 13.8. The molecule has 0 saturated heterocycles. The highest BCUT2D eigenvalue weighted by Crippen LogP contribution is 2.18. The first-order chi connectivity index (χ1) is 11.5. The number of hydrogen-bond acceptors (Lipinski definition) is 5. The van der Waals surface area contributed by atoms with E-state index in [1.165, 1.54) is 12.5 Å². The average molecular weight is 333 g/mol. The Morgan fingerprint density at radius 3 is 2.62 bits per heavy atom. The third-order valence-electron chi connectivity index (χ3n) is 4.07. The maximum absolute atomic E-state index is 11.9. The van der Waals surface area contributed by atoms with E-state index in [1.54, 1.807) is 19.1 Å². The molecular weight excluding hydrogens is 310 g/mol. The third kappa shape index (κ3) is 4.97. The van der Waals surface area contributed by atoms with Crippen LogP contribution in [0.25, 0.3) is 0 Å². The number of hydrogen-bond donors (Lipinski definition) is 3. The minimum absolute atomic E-state index is 0.0983. The van der Waals surface area contributed by atoms with Crippen LogP contribution in [0.5, 0.6) is 0 Å². The van der Waals surface area contributed by atoms with E-state index in [1.807, 2.05) is 0 Å². The van der Waals surface area contributed by atoms with Gasteiger partial charge >= 0.3 is 12.0 Å². The Labute approximate surface area is 140 Å². The highest BCUT2D eigenvalue weighted by atomic mass is 16.5. The number of nitrogens with two attached hydrogens (primary N) is 1. The van der Waals surface area contributed by atoms with Gasteiger partial charge in [-0.1, -0.05) is 31.4 Å². The lowest BCUT2D eigenvalue weighted by molar-refractivity contribution is -0.123. The molecule has 0 aromatic heterocycles. The summed E-state index contributed by atoms with van der Waals surface area (Å²) in [6, 6.07) is 4.52. The Morgan fingerprint density at radius 2 is 1.92 bits per heavy atom. The van der Waals surface area contributed by atoms with Gasteiger partial charge in [-0.2, -0.15) is 0 Å². The van der Waals surface area contributed by atoms with Crippen LogP contribution in [0, 0.1) is 6.92 Å². The lowest BCUT2D eigenvalue weighted by Crippen LogP contribution is -2.46. The third-order valence-corrected chi connectivity index (χ3v) is 4.07. The number of nitrogens with one attached hydrogen (secondary N) is 2. The quantitative estimate of drug-likeness (QED) is 0.575. The Hall–Kier alpha value is -2.57. The number of rotatable bonds is 4. The number of para-hydroxylation sites is 1. The van der Waals surface area contributed by atoms with Crippen molar-refractivity contribution in [3.8, 4) is 0 Å². The summed E-state index contributed by atoms with van der Waals surface area (Å²) in [5.74, 6) is -1.37. The molecule has 0 atom stereocenters. The molecular formula is C17H23N3O4. The molecule has 7 nitrogen and oxygen atoms in total. The van der Waals surface area contributed by atoms with Gasteiger partial charge in [0.25, 0.3) is 5.91 Å². The van der Waals surface area contributed by atoms with Crippen molar-refractivity contribution < 1.29 is 19.1 Å². The van der Waals surface area contributed by atoms with Crippen molar-refractivity contribution in [3.63, 3.8) is 0 Å². The highest BCUT2D eigenvalue weighted by molar-refractivity contribution is 5.99. The van der Waals surface area contributed by atoms with Crippen molar-refractivity contribution in [2.24, 2.45) is 0 Å². The monoisotopic (exact) mass is 333 g/mol. The molecule has 0 unspecified atom stereocenters. The molecule has 0 heterocycles. The maximum atomic E-state index is 11.9. The lowest BCUT2D eigenvalue weighted by atomic mass is 9.96. The van der Waals surface area contributed by atoms with E-state index in [9.17, 15) is 14.4 Å². The van der Waals surface area contributed by atoms with Crippen LogP contribution in [0.2, 0.25) is 0 Å². The largest absolute Gasteiger partial charge is 0.452 e. The number of carbonyl (C=O) groups excluding carboxylic acids is 3. The summed E-state index contributed by atoms with van der Waals surface area (Å²) in [5, 5.41) is 4.92. The Kier molecular flexibility index (Phi) is 6.17. The first-order valence-electron chi connectivity index (χ1n) is 8.10. The number of urea groups is 1. The van der Waals surface area contributed by atoms with Crippen LogP contribution in [-0.4, -0.2) is 30.6 Å². The second-order valence-corrected chi connectivity index (χ2v) is 5.97. The molecule has 0 radical (unpaired) electrons. The van der Waals surface area contributed by atoms with Gasteiger partial charge in [-0.05, 0) is 31.4 Å². The Bertz CT molecular complexity index is 624. The Morgan fingerprint density at radius 1 is 1.21 bits per heavy atom. The lowest BCUT2D eigenvalue weighted by Gasteiger charge is -2.22. The molecule has 1 saturated carbocycles. The van der Waals surface area contributed by atoms with Crippen molar-refractivity contribution in [2.75, 3.05) is 12.3 Å². The molecule has 0 bridgehead atoms. The van der Waals surface area contributed by atoms with Crippen LogP contribution in [0.1, 0.15) is 48.0 Å². The van der Waals surface area contributed by atoms with Gasteiger partial charge in [-0.3, -0.25) is 10.1 Å². The van der Waals surface area contributed by atoms with Gasteiger partial charge in [0.2, 0.25) is 0 Å². The normalized spacial score (nSPS) is 14.7. The summed E-state index contributed by atoms with van der Waals surface area (Å²) in [4.78, 5) is 35.4. The Balaban J connectivity index is 1.77. The number of benzene rings is 1. The predicted octanol–water partition coefficient (Wildman–Crippen LogP) is 1.89. The van der Waals surface area contributed by atoms with Crippen molar-refractivity contribution in [3.05, 3.63) is 29.3 Å². The standard InChI is InChI=1S/C17H23N3O4/c1-11-6-5-9-13(15(11)18)16(22)24-10-14(21)20-17(23)19-12-7-3-2-4-8-12/h5-6,9,12H,2-4,7-8,10,18H2,1H3,(H2,19,20,21,23). The second-order valence-electron chi connectivity index (χ2n) is 5.97. The fourth-order valence-corrected chi connectivity index (χ4v) is 2.70. The van der Waals surface area contributed by atoms with Crippen molar-refractivity contribution in [2.45, 2.75) is 45.1 Å². The van der Waals surface area contributed by atoms with Gasteiger partial charge in [0.05, 0.1) is 5.56 Å². The average Bonchev–Trinajstić information content (AvgIpc) is 2.56. The summed E-state index contributed by atoms with van der Waals surface area (Å²) in [6.45, 7) is 1.23. The molecule has 1 aliphatic carbocycles. The van der Waals surface area contributed by atoms with Crippen molar-refractivity contribution >= 4 is 23.6 Å². The van der Waals surface area contributed by atoms with E-state index in [2.05, 4.69) is 10.6 Å². The number of ether oxygens (including phenoxy) is 1. The number of amides is 3. The molecule has 4 N–H and O–H groups in total. The fraction of sp³-hybridized carbons (Fsp3) is 0.471. The summed E-state index contributed by atoms with van der Waals surface area (Å²) in [6.07, 6.45) is 5.17. The smallest absolute Gasteiger partial charge is 0.340 e. The molecule has 3 amide bonds. The van der Waals surface area contributed by atoms with E-state index >= 15 is 0 Å². The fourth-order valence-electron chi connectivity index (χ4n) is 2.70. The molecule has 0 spiro atoms. The number of esters is 1. The molecule has 2 rings (SSSR count). The van der Waals surface area contributed by atoms with Gasteiger partial charge in [0.1, 0.15) is 0 Å². The maximum Gasteiger partial charge on any atom is 0.340 e. The van der Waals surface area contributed by atoms with Crippen molar-refractivity contribution in [1.29, 1.82) is 0 Å². The SMILES string of the molecule is Cc1cccc(C(=O)OCC(=O)NC(=O)NC2CCCCC2)c1N. The first-order valence-corrected chi connectivity index (χ1v) is 8.10. The summed E-state index contributed by atoms with van der Waals surface area (Å²) < 4.78 is 4.91. The van der Waals surface area contributed by atoms with Gasteiger partial charge in [0, 0.05) is 11.7 Å². The van der Waals surface area contributed by atoms with Crippen LogP contribution >= 0.6 is 0 Å². The van der Waals surface area contributed by atoms with E-state index in [4.69, 9.17) is 10.5 Å². The van der Waals surface area contributed by atoms with Gasteiger partial charge in [-0.15, -0.1) is 0 Å². The number of nitrogen functional groups attached to an aromatic ring is 1. The van der Waals surface area contributed by atoms with Gasteiger partial charge in [-0.25, -0.2) is 9.59 Å². The molecule has 24 heavy (non-hydrogen) atoms. The number of carbonyl (C=O) groups is 3. The number of anilines is 1. The molecule has 1 aromatic carbocycles. The first kappa shape index (κ1) is 17.8. The van der Waals surface area contributed by atoms with E-state index in [0.29, 0.717) is 5.69 Å². The molecule has 7 heteroatoms. The zero-order valence-corrected chi connectivity index (χ0v) is 13.8. The minimum Gasteiger partial charge on any atom is -0.452 e. The minimum atomic E-state index is -0.695. The van der Waals surface area contributed by atoms with Gasteiger partial charge in [0.15, 0.2) is 6.61 Å². The highest BCUT2D eigenvalue weighted by Gasteiger charge is 2.18. The van der Waals surface area contributed by atoms with Crippen LogP contribution < -0.4 is 16.4 Å². The summed E-state index contributed by atoms with van der Waals surface area (Å²) >= 11 is 0. The van der Waals surface area contributed by atoms with Crippen LogP contribution in [0.3, 0.4) is 0 Å². The zero-order chi connectivity index (χ0) is 17.5. The topological polar surface area (TPSA) is 111 Å². The van der Waals surface area contributed by atoms with E-state index in [0.717, 1.165) is 31.2 Å². The van der Waals surface area contributed by atoms with Gasteiger partial charge < -0.3 is 15.8 Å². The van der Waals surface area contributed by atoms with Crippen LogP contribution in [-0.2, 0) is 9.53 Å². The number of imide groups is 1. The van der Waals surface area contributed by atoms with E-state index < -0.39 is 24.5 Å². The number of aryl methyl sites for hydroxylation is 1. The summed E-state index contributed by atoms with van der Waals surface area (Å²) in [7, 11) is 0. The molecule has 1 aliphatic rings. The molecule has 130 valence electrons.